The van der Waals surface area contributed by atoms with E-state index in [1.165, 1.54) is 17.8 Å². The van der Waals surface area contributed by atoms with Crippen LogP contribution in [0.25, 0.3) is 11.4 Å². The molecule has 4 rings (SSSR count). The van der Waals surface area contributed by atoms with Gasteiger partial charge in [-0.05, 0) is 31.9 Å². The van der Waals surface area contributed by atoms with Gasteiger partial charge in [0.15, 0.2) is 16.8 Å². The molecule has 0 bridgehead atoms. The van der Waals surface area contributed by atoms with Crippen LogP contribution in [0.2, 0.25) is 0 Å². The highest BCUT2D eigenvalue weighted by Gasteiger charge is 2.31. The van der Waals surface area contributed by atoms with Crippen molar-refractivity contribution >= 4 is 23.5 Å². The van der Waals surface area contributed by atoms with Crippen molar-refractivity contribution in [3.8, 4) is 11.4 Å². The summed E-state index contributed by atoms with van der Waals surface area (Å²) in [6.45, 7) is 1.75. The van der Waals surface area contributed by atoms with Crippen molar-refractivity contribution in [2.24, 2.45) is 0 Å². The van der Waals surface area contributed by atoms with Crippen molar-refractivity contribution < 1.29 is 13.7 Å². The molecule has 26 heavy (non-hydrogen) atoms. The number of nitrogens with zero attached hydrogens (tertiary/aromatic N) is 4. The molecule has 1 fully saturated rings. The molecule has 2 aromatic heterocycles. The number of rotatable bonds is 6. The van der Waals surface area contributed by atoms with E-state index < -0.39 is 0 Å². The van der Waals surface area contributed by atoms with Crippen molar-refractivity contribution in [2.75, 3.05) is 11.1 Å². The SMILES string of the molecule is Cc1cc(NC(=O)CSc2nnc(-c3ccccc3F)n2C2CC2)no1. The fourth-order valence-corrected chi connectivity index (χ4v) is 3.40. The Kier molecular flexibility index (Phi) is 4.46. The Labute approximate surface area is 153 Å². The minimum atomic E-state index is -0.336. The first-order valence-electron chi connectivity index (χ1n) is 8.17. The molecule has 0 atom stereocenters. The molecule has 0 saturated heterocycles. The van der Waals surface area contributed by atoms with Gasteiger partial charge >= 0.3 is 0 Å². The maximum absolute atomic E-state index is 14.1. The van der Waals surface area contributed by atoms with Crippen molar-refractivity contribution in [2.45, 2.75) is 31.0 Å². The number of anilines is 1. The van der Waals surface area contributed by atoms with Crippen LogP contribution in [0.3, 0.4) is 0 Å². The number of hydrogen-bond donors (Lipinski definition) is 1. The number of carbonyl (C=O) groups is 1. The highest BCUT2D eigenvalue weighted by Crippen LogP contribution is 2.41. The zero-order valence-corrected chi connectivity index (χ0v) is 14.8. The molecule has 0 unspecified atom stereocenters. The number of hydrogen-bond acceptors (Lipinski definition) is 6. The summed E-state index contributed by atoms with van der Waals surface area (Å²) in [4.78, 5) is 12.1. The van der Waals surface area contributed by atoms with Gasteiger partial charge in [0.1, 0.15) is 11.6 Å². The molecule has 7 nitrogen and oxygen atoms in total. The predicted molar refractivity (Wildman–Crippen MR) is 94.3 cm³/mol. The molecular formula is C17H16FN5O2S. The first kappa shape index (κ1) is 16.8. The fraction of sp³-hybridized carbons (Fsp3) is 0.294. The number of benzene rings is 1. The average molecular weight is 373 g/mol. The van der Waals surface area contributed by atoms with Crippen molar-refractivity contribution in [1.82, 2.24) is 19.9 Å². The quantitative estimate of drug-likeness (QED) is 0.666. The lowest BCUT2D eigenvalue weighted by molar-refractivity contribution is -0.113. The Hall–Kier alpha value is -2.68. The van der Waals surface area contributed by atoms with Gasteiger partial charge in [-0.1, -0.05) is 29.1 Å². The summed E-state index contributed by atoms with van der Waals surface area (Å²) < 4.78 is 21.0. The molecule has 1 saturated carbocycles. The van der Waals surface area contributed by atoms with E-state index in [2.05, 4.69) is 20.7 Å². The Bertz CT molecular complexity index is 950. The lowest BCUT2D eigenvalue weighted by atomic mass is 10.2. The van der Waals surface area contributed by atoms with Gasteiger partial charge in [0, 0.05) is 12.1 Å². The molecular weight excluding hydrogens is 357 g/mol. The second-order valence-corrected chi connectivity index (χ2v) is 6.99. The number of aryl methyl sites for hydroxylation is 1. The van der Waals surface area contributed by atoms with Gasteiger partial charge in [0.25, 0.3) is 0 Å². The highest BCUT2D eigenvalue weighted by atomic mass is 32.2. The van der Waals surface area contributed by atoms with Crippen molar-refractivity contribution in [1.29, 1.82) is 0 Å². The molecule has 1 aromatic carbocycles. The summed E-state index contributed by atoms with van der Waals surface area (Å²) in [6, 6.07) is 8.40. The molecule has 1 aliphatic carbocycles. The average Bonchev–Trinajstić information content (AvgIpc) is 3.25. The summed E-state index contributed by atoms with van der Waals surface area (Å²) in [7, 11) is 0. The lowest BCUT2D eigenvalue weighted by Crippen LogP contribution is -2.14. The van der Waals surface area contributed by atoms with E-state index in [0.717, 1.165) is 12.8 Å². The third-order valence-corrected chi connectivity index (χ3v) is 4.86. The maximum Gasteiger partial charge on any atom is 0.236 e. The summed E-state index contributed by atoms with van der Waals surface area (Å²) in [5, 5.41) is 15.3. The second-order valence-electron chi connectivity index (χ2n) is 6.05. The predicted octanol–water partition coefficient (Wildman–Crippen LogP) is 3.45. The largest absolute Gasteiger partial charge is 0.360 e. The molecule has 1 N–H and O–H groups in total. The lowest BCUT2D eigenvalue weighted by Gasteiger charge is -2.09. The number of amides is 1. The first-order valence-corrected chi connectivity index (χ1v) is 9.16. The minimum absolute atomic E-state index is 0.147. The standard InChI is InChI=1S/C17H16FN5O2S/c1-10-8-14(22-25-10)19-15(24)9-26-17-21-20-16(23(17)11-6-7-11)12-4-2-3-5-13(12)18/h2-5,8,11H,6-7,9H2,1H3,(H,19,22,24). The zero-order valence-electron chi connectivity index (χ0n) is 14.0. The van der Waals surface area contributed by atoms with Gasteiger partial charge in [0.2, 0.25) is 5.91 Å². The van der Waals surface area contributed by atoms with E-state index >= 15 is 0 Å². The molecule has 1 aliphatic rings. The minimum Gasteiger partial charge on any atom is -0.360 e. The Morgan fingerprint density at radius 3 is 2.88 bits per heavy atom. The first-order chi connectivity index (χ1) is 12.6. The van der Waals surface area contributed by atoms with E-state index in [9.17, 15) is 9.18 Å². The van der Waals surface area contributed by atoms with E-state index in [0.29, 0.717) is 28.1 Å². The molecule has 9 heteroatoms. The number of aromatic nitrogens is 4. The van der Waals surface area contributed by atoms with Crippen LogP contribution in [0.1, 0.15) is 24.6 Å². The summed E-state index contributed by atoms with van der Waals surface area (Å²) in [5.74, 6) is 1.09. The van der Waals surface area contributed by atoms with E-state index in [4.69, 9.17) is 4.52 Å². The fourth-order valence-electron chi connectivity index (χ4n) is 2.60. The Morgan fingerprint density at radius 1 is 1.38 bits per heavy atom. The van der Waals surface area contributed by atoms with Crippen LogP contribution in [-0.2, 0) is 4.79 Å². The van der Waals surface area contributed by atoms with Gasteiger partial charge in [0.05, 0.1) is 11.3 Å². The van der Waals surface area contributed by atoms with Crippen LogP contribution in [0, 0.1) is 12.7 Å². The molecule has 3 aromatic rings. The van der Waals surface area contributed by atoms with Crippen LogP contribution in [0.4, 0.5) is 10.2 Å². The summed E-state index contributed by atoms with van der Waals surface area (Å²) >= 11 is 1.27. The zero-order chi connectivity index (χ0) is 18.1. The van der Waals surface area contributed by atoms with Gasteiger partial charge < -0.3 is 9.84 Å². The van der Waals surface area contributed by atoms with Crippen molar-refractivity contribution in [3.63, 3.8) is 0 Å². The number of nitrogens with one attached hydrogen (secondary N) is 1. The number of halogens is 1. The molecule has 1 amide bonds. The maximum atomic E-state index is 14.1. The molecule has 0 radical (unpaired) electrons. The van der Waals surface area contributed by atoms with Gasteiger partial charge in [-0.25, -0.2) is 4.39 Å². The number of thioether (sulfide) groups is 1. The monoisotopic (exact) mass is 373 g/mol. The van der Waals surface area contributed by atoms with Gasteiger partial charge in [-0.3, -0.25) is 9.36 Å². The Morgan fingerprint density at radius 2 is 2.19 bits per heavy atom. The molecule has 134 valence electrons. The van der Waals surface area contributed by atoms with E-state index in [-0.39, 0.29) is 23.5 Å². The van der Waals surface area contributed by atoms with Crippen LogP contribution < -0.4 is 5.32 Å². The van der Waals surface area contributed by atoms with E-state index in [1.807, 2.05) is 4.57 Å². The van der Waals surface area contributed by atoms with Crippen LogP contribution >= 0.6 is 11.8 Å². The van der Waals surface area contributed by atoms with E-state index in [1.54, 1.807) is 31.2 Å². The third kappa shape index (κ3) is 3.48. The van der Waals surface area contributed by atoms with Crippen LogP contribution in [-0.4, -0.2) is 31.6 Å². The van der Waals surface area contributed by atoms with Gasteiger partial charge in [-0.15, -0.1) is 10.2 Å². The second kappa shape index (κ2) is 6.91. The molecule has 0 aliphatic heterocycles. The number of carbonyl (C=O) groups excluding carboxylic acids is 1. The summed E-state index contributed by atoms with van der Waals surface area (Å²) in [6.07, 6.45) is 1.99. The normalized spacial score (nSPS) is 13.8. The molecule has 0 spiro atoms. The topological polar surface area (TPSA) is 85.8 Å². The Balaban J connectivity index is 1.50. The third-order valence-electron chi connectivity index (χ3n) is 3.92. The van der Waals surface area contributed by atoms with Crippen LogP contribution in [0.5, 0.6) is 0 Å². The van der Waals surface area contributed by atoms with Crippen molar-refractivity contribution in [3.05, 3.63) is 41.9 Å². The van der Waals surface area contributed by atoms with Gasteiger partial charge in [-0.2, -0.15) is 0 Å². The summed E-state index contributed by atoms with van der Waals surface area (Å²) in [5.41, 5.74) is 0.418. The smallest absolute Gasteiger partial charge is 0.236 e. The van der Waals surface area contributed by atoms with Crippen LogP contribution in [0.15, 0.2) is 40.0 Å². The molecule has 2 heterocycles. The highest BCUT2D eigenvalue weighted by molar-refractivity contribution is 7.99.